The maximum atomic E-state index is 11.6. The van der Waals surface area contributed by atoms with E-state index in [0.717, 1.165) is 17.7 Å². The summed E-state index contributed by atoms with van der Waals surface area (Å²) in [5, 5.41) is 18.1. The minimum Gasteiger partial charge on any atom is -0.465 e. The molecule has 6 nitrogen and oxygen atoms in total. The highest BCUT2D eigenvalue weighted by atomic mass is 16.5. The van der Waals surface area contributed by atoms with Crippen LogP contribution in [-0.2, 0) is 16.0 Å². The van der Waals surface area contributed by atoms with Gasteiger partial charge in [-0.2, -0.15) is 0 Å². The predicted octanol–water partition coefficient (Wildman–Crippen LogP) is 0.301. The van der Waals surface area contributed by atoms with Crippen molar-refractivity contribution in [1.29, 1.82) is 0 Å². The van der Waals surface area contributed by atoms with Gasteiger partial charge < -0.3 is 25.6 Å². The first-order valence-corrected chi connectivity index (χ1v) is 7.60. The fourth-order valence-electron chi connectivity index (χ4n) is 2.10. The molecule has 0 amide bonds. The molecule has 0 aromatic heterocycles. The average Bonchev–Trinajstić information content (AvgIpc) is 2.53. The normalized spacial score (nSPS) is 12.0. The third kappa shape index (κ3) is 6.01. The highest BCUT2D eigenvalue weighted by Gasteiger charge is 2.15. The summed E-state index contributed by atoms with van der Waals surface area (Å²) in [7, 11) is 0. The maximum absolute atomic E-state index is 11.6. The fraction of sp³-hybridized carbons (Fsp3) is 0.562. The van der Waals surface area contributed by atoms with Gasteiger partial charge in [0.25, 0.3) is 0 Å². The van der Waals surface area contributed by atoms with Crippen LogP contribution in [0.4, 0.5) is 5.69 Å². The van der Waals surface area contributed by atoms with Crippen LogP contribution in [0.25, 0.3) is 0 Å². The lowest BCUT2D eigenvalue weighted by molar-refractivity contribution is -0.145. The van der Waals surface area contributed by atoms with Crippen LogP contribution in [0.3, 0.4) is 0 Å². The zero-order valence-corrected chi connectivity index (χ0v) is 13.1. The molecule has 1 rings (SSSR count). The van der Waals surface area contributed by atoms with E-state index in [-0.39, 0.29) is 19.2 Å². The second kappa shape index (κ2) is 10.2. The molecule has 0 aliphatic rings. The van der Waals surface area contributed by atoms with Crippen LogP contribution in [0.1, 0.15) is 18.9 Å². The molecular weight excluding hydrogens is 284 g/mol. The number of carbonyl (C=O) groups excluding carboxylic acids is 1. The fourth-order valence-corrected chi connectivity index (χ4v) is 2.10. The van der Waals surface area contributed by atoms with Crippen LogP contribution in [0.15, 0.2) is 24.3 Å². The summed E-state index contributed by atoms with van der Waals surface area (Å²) >= 11 is 0. The first-order chi connectivity index (χ1) is 10.6. The van der Waals surface area contributed by atoms with Crippen molar-refractivity contribution in [3.63, 3.8) is 0 Å². The van der Waals surface area contributed by atoms with Crippen LogP contribution in [-0.4, -0.2) is 55.1 Å². The first-order valence-electron chi connectivity index (χ1n) is 7.60. The van der Waals surface area contributed by atoms with Gasteiger partial charge in [-0.3, -0.25) is 4.79 Å². The van der Waals surface area contributed by atoms with Crippen molar-refractivity contribution >= 4 is 11.7 Å². The SMILES string of the molecule is CCCOC(=O)[C@@H](N)Cc1ccc(N(CCO)CCO)cc1. The van der Waals surface area contributed by atoms with Crippen LogP contribution < -0.4 is 10.6 Å². The Hall–Kier alpha value is -1.63. The quantitative estimate of drug-likeness (QED) is 0.538. The number of ether oxygens (including phenoxy) is 1. The zero-order chi connectivity index (χ0) is 16.4. The number of anilines is 1. The number of esters is 1. The summed E-state index contributed by atoms with van der Waals surface area (Å²) in [6.07, 6.45) is 1.20. The van der Waals surface area contributed by atoms with Crippen LogP contribution in [0, 0.1) is 0 Å². The smallest absolute Gasteiger partial charge is 0.323 e. The highest BCUT2D eigenvalue weighted by molar-refractivity contribution is 5.75. The molecule has 1 aromatic rings. The summed E-state index contributed by atoms with van der Waals surface area (Å²) in [4.78, 5) is 13.5. The zero-order valence-electron chi connectivity index (χ0n) is 13.1. The number of hydrogen-bond donors (Lipinski definition) is 3. The van der Waals surface area contributed by atoms with Gasteiger partial charge in [-0.15, -0.1) is 0 Å². The van der Waals surface area contributed by atoms with E-state index >= 15 is 0 Å². The van der Waals surface area contributed by atoms with Gasteiger partial charge in [0, 0.05) is 18.8 Å². The number of nitrogens with two attached hydrogens (primary N) is 1. The molecule has 6 heteroatoms. The lowest BCUT2D eigenvalue weighted by Crippen LogP contribution is -2.34. The van der Waals surface area contributed by atoms with Crippen molar-refractivity contribution < 1.29 is 19.7 Å². The standard InChI is InChI=1S/C16H26N2O4/c1-2-11-22-16(21)15(17)12-13-3-5-14(6-4-13)18(7-9-19)8-10-20/h3-6,15,19-20H,2,7-12,17H2,1H3/t15-/m0/s1. The van der Waals surface area contributed by atoms with Gasteiger partial charge in [0.05, 0.1) is 19.8 Å². The van der Waals surface area contributed by atoms with Crippen molar-refractivity contribution in [3.05, 3.63) is 29.8 Å². The second-order valence-corrected chi connectivity index (χ2v) is 5.08. The molecule has 0 aliphatic heterocycles. The minimum atomic E-state index is -0.664. The molecule has 1 aromatic carbocycles. The molecular formula is C16H26N2O4. The first kappa shape index (κ1) is 18.4. The highest BCUT2D eigenvalue weighted by Crippen LogP contribution is 2.16. The summed E-state index contributed by atoms with van der Waals surface area (Å²) in [5.74, 6) is -0.381. The van der Waals surface area contributed by atoms with Gasteiger partial charge >= 0.3 is 5.97 Å². The number of rotatable bonds is 10. The molecule has 124 valence electrons. The Morgan fingerprint density at radius 1 is 1.23 bits per heavy atom. The summed E-state index contributed by atoms with van der Waals surface area (Å²) in [6, 6.07) is 6.91. The lowest BCUT2D eigenvalue weighted by Gasteiger charge is -2.23. The minimum absolute atomic E-state index is 0.0237. The van der Waals surface area contributed by atoms with E-state index in [1.54, 1.807) is 0 Å². The van der Waals surface area contributed by atoms with Crippen molar-refractivity contribution in [3.8, 4) is 0 Å². The molecule has 0 radical (unpaired) electrons. The van der Waals surface area contributed by atoms with Gasteiger partial charge in [-0.1, -0.05) is 19.1 Å². The van der Waals surface area contributed by atoms with E-state index in [2.05, 4.69) is 0 Å². The van der Waals surface area contributed by atoms with Gasteiger partial charge in [0.1, 0.15) is 6.04 Å². The maximum Gasteiger partial charge on any atom is 0.323 e. The Morgan fingerprint density at radius 2 is 1.82 bits per heavy atom. The molecule has 0 fully saturated rings. The summed E-state index contributed by atoms with van der Waals surface area (Å²) in [5.41, 5.74) is 7.69. The molecule has 4 N–H and O–H groups in total. The van der Waals surface area contributed by atoms with E-state index in [9.17, 15) is 4.79 Å². The van der Waals surface area contributed by atoms with Crippen LogP contribution >= 0.6 is 0 Å². The molecule has 1 atom stereocenters. The van der Waals surface area contributed by atoms with E-state index in [0.29, 0.717) is 26.1 Å². The third-order valence-corrected chi connectivity index (χ3v) is 3.25. The molecule has 0 bridgehead atoms. The summed E-state index contributed by atoms with van der Waals surface area (Å²) < 4.78 is 5.02. The molecule has 0 unspecified atom stereocenters. The Morgan fingerprint density at radius 3 is 2.32 bits per heavy atom. The number of nitrogens with zero attached hydrogens (tertiary/aromatic N) is 1. The van der Waals surface area contributed by atoms with Crippen LogP contribution in [0.2, 0.25) is 0 Å². The number of benzene rings is 1. The molecule has 0 heterocycles. The second-order valence-electron chi connectivity index (χ2n) is 5.08. The van der Waals surface area contributed by atoms with Crippen molar-refractivity contribution in [2.45, 2.75) is 25.8 Å². The van der Waals surface area contributed by atoms with E-state index < -0.39 is 6.04 Å². The molecule has 0 saturated carbocycles. The van der Waals surface area contributed by atoms with Crippen molar-refractivity contribution in [1.82, 2.24) is 0 Å². The lowest BCUT2D eigenvalue weighted by atomic mass is 10.1. The molecule has 0 saturated heterocycles. The third-order valence-electron chi connectivity index (χ3n) is 3.25. The molecule has 0 spiro atoms. The molecule has 22 heavy (non-hydrogen) atoms. The van der Waals surface area contributed by atoms with Gasteiger partial charge in [-0.25, -0.2) is 0 Å². The van der Waals surface area contributed by atoms with Gasteiger partial charge in [-0.05, 0) is 30.5 Å². The number of carbonyl (C=O) groups is 1. The number of aliphatic hydroxyl groups is 2. The van der Waals surface area contributed by atoms with Gasteiger partial charge in [0.2, 0.25) is 0 Å². The van der Waals surface area contributed by atoms with E-state index in [4.69, 9.17) is 20.7 Å². The molecule has 0 aliphatic carbocycles. The topological polar surface area (TPSA) is 96.0 Å². The van der Waals surface area contributed by atoms with Crippen LogP contribution in [0.5, 0.6) is 0 Å². The average molecular weight is 310 g/mol. The van der Waals surface area contributed by atoms with E-state index in [1.807, 2.05) is 36.1 Å². The number of hydrogen-bond acceptors (Lipinski definition) is 6. The largest absolute Gasteiger partial charge is 0.465 e. The monoisotopic (exact) mass is 310 g/mol. The van der Waals surface area contributed by atoms with Crippen molar-refractivity contribution in [2.24, 2.45) is 5.73 Å². The van der Waals surface area contributed by atoms with Gasteiger partial charge in [0.15, 0.2) is 0 Å². The Labute approximate surface area is 131 Å². The predicted molar refractivity (Wildman–Crippen MR) is 85.8 cm³/mol. The van der Waals surface area contributed by atoms with E-state index in [1.165, 1.54) is 0 Å². The Kier molecular flexibility index (Phi) is 8.50. The summed E-state index contributed by atoms with van der Waals surface area (Å²) in [6.45, 7) is 3.29. The van der Waals surface area contributed by atoms with Crippen molar-refractivity contribution in [2.75, 3.05) is 37.8 Å². The Balaban J connectivity index is 2.61. The Bertz CT molecular complexity index is 430. The number of aliphatic hydroxyl groups excluding tert-OH is 2.